The van der Waals surface area contributed by atoms with E-state index in [1.54, 1.807) is 0 Å². The van der Waals surface area contributed by atoms with Crippen LogP contribution >= 0.6 is 0 Å². The predicted molar refractivity (Wildman–Crippen MR) is 97.0 cm³/mol. The molecule has 1 aromatic carbocycles. The molecule has 1 N–H and O–H groups in total. The zero-order valence-corrected chi connectivity index (χ0v) is 15.1. The summed E-state index contributed by atoms with van der Waals surface area (Å²) >= 11 is 0. The average Bonchev–Trinajstić information content (AvgIpc) is 2.54. The molecule has 3 atom stereocenters. The van der Waals surface area contributed by atoms with E-state index >= 15 is 0 Å². The fourth-order valence-corrected chi connectivity index (χ4v) is 4.31. The maximum Gasteiger partial charge on any atom is 0.244 e. The van der Waals surface area contributed by atoms with Gasteiger partial charge in [-0.1, -0.05) is 39.0 Å². The number of amides is 1. The first-order valence-corrected chi connectivity index (χ1v) is 9.16. The lowest BCUT2D eigenvalue weighted by Crippen LogP contribution is -2.58. The third-order valence-corrected chi connectivity index (χ3v) is 5.64. The zero-order valence-electron chi connectivity index (χ0n) is 15.1. The van der Waals surface area contributed by atoms with Gasteiger partial charge in [-0.05, 0) is 49.3 Å². The molecule has 0 unspecified atom stereocenters. The molecule has 1 aromatic rings. The fraction of sp³-hybridized carbons (Fsp3) is 0.650. The molecule has 2 heterocycles. The molecule has 0 saturated carbocycles. The van der Waals surface area contributed by atoms with E-state index in [-0.39, 0.29) is 23.5 Å². The molecule has 0 bridgehead atoms. The Labute approximate surface area is 145 Å². The third kappa shape index (κ3) is 3.50. The van der Waals surface area contributed by atoms with Crippen molar-refractivity contribution in [3.63, 3.8) is 0 Å². The van der Waals surface area contributed by atoms with Gasteiger partial charge in [0.15, 0.2) is 0 Å². The Bertz CT molecular complexity index is 567. The van der Waals surface area contributed by atoms with E-state index in [1.807, 2.05) is 35.2 Å². The molecule has 4 nitrogen and oxygen atoms in total. The van der Waals surface area contributed by atoms with Crippen molar-refractivity contribution in [3.8, 4) is 0 Å². The summed E-state index contributed by atoms with van der Waals surface area (Å²) in [4.78, 5) is 17.1. The molecule has 4 heteroatoms. The van der Waals surface area contributed by atoms with Gasteiger partial charge in [0.2, 0.25) is 5.91 Å². The number of nitrogens with zero attached hydrogens (tertiary/aromatic N) is 2. The molecule has 2 aliphatic heterocycles. The van der Waals surface area contributed by atoms with Crippen LogP contribution in [0.1, 0.15) is 40.0 Å². The molecule has 132 valence electrons. The first-order chi connectivity index (χ1) is 11.4. The van der Waals surface area contributed by atoms with E-state index in [1.165, 1.54) is 0 Å². The van der Waals surface area contributed by atoms with Crippen LogP contribution in [-0.4, -0.2) is 47.7 Å². The maximum absolute atomic E-state index is 13.0. The lowest BCUT2D eigenvalue weighted by atomic mass is 9.73. The van der Waals surface area contributed by atoms with Gasteiger partial charge < -0.3 is 10.0 Å². The molecule has 3 rings (SSSR count). The van der Waals surface area contributed by atoms with Crippen LogP contribution in [0.4, 0.5) is 5.69 Å². The molecule has 0 radical (unpaired) electrons. The Morgan fingerprint density at radius 2 is 1.79 bits per heavy atom. The highest BCUT2D eigenvalue weighted by atomic mass is 16.3. The number of likely N-dealkylation sites (tertiary alicyclic amines) is 1. The number of aliphatic hydroxyl groups is 1. The number of benzene rings is 1. The van der Waals surface area contributed by atoms with Crippen LogP contribution in [-0.2, 0) is 4.79 Å². The van der Waals surface area contributed by atoms with Crippen molar-refractivity contribution in [1.29, 1.82) is 0 Å². The Morgan fingerprint density at radius 1 is 1.08 bits per heavy atom. The molecule has 2 fully saturated rings. The molecule has 24 heavy (non-hydrogen) atoms. The van der Waals surface area contributed by atoms with Crippen LogP contribution in [0, 0.1) is 11.3 Å². The van der Waals surface area contributed by atoms with Crippen molar-refractivity contribution in [2.75, 3.05) is 24.5 Å². The largest absolute Gasteiger partial charge is 0.391 e. The fourth-order valence-electron chi connectivity index (χ4n) is 4.31. The summed E-state index contributed by atoms with van der Waals surface area (Å²) < 4.78 is 0. The topological polar surface area (TPSA) is 43.8 Å². The monoisotopic (exact) mass is 330 g/mol. The van der Waals surface area contributed by atoms with Gasteiger partial charge in [-0.25, -0.2) is 0 Å². The first-order valence-electron chi connectivity index (χ1n) is 9.16. The van der Waals surface area contributed by atoms with Crippen LogP contribution < -0.4 is 4.90 Å². The highest BCUT2D eigenvalue weighted by molar-refractivity contribution is 5.97. The van der Waals surface area contributed by atoms with Gasteiger partial charge >= 0.3 is 0 Å². The number of hydrogen-bond donors (Lipinski definition) is 1. The van der Waals surface area contributed by atoms with Crippen molar-refractivity contribution >= 4 is 11.6 Å². The van der Waals surface area contributed by atoms with Crippen LogP contribution in [0.15, 0.2) is 30.3 Å². The number of aliphatic hydroxyl groups excluding tert-OH is 1. The Kier molecular flexibility index (Phi) is 4.97. The summed E-state index contributed by atoms with van der Waals surface area (Å²) in [6.07, 6.45) is 2.52. The number of hydrogen-bond acceptors (Lipinski definition) is 3. The van der Waals surface area contributed by atoms with Crippen molar-refractivity contribution in [3.05, 3.63) is 30.3 Å². The lowest BCUT2D eigenvalue weighted by molar-refractivity contribution is -0.128. The maximum atomic E-state index is 13.0. The van der Waals surface area contributed by atoms with Gasteiger partial charge in [0.25, 0.3) is 0 Å². The summed E-state index contributed by atoms with van der Waals surface area (Å²) in [5.41, 5.74) is 1.09. The molecule has 2 aliphatic rings. The highest BCUT2D eigenvalue weighted by Crippen LogP contribution is 2.36. The van der Waals surface area contributed by atoms with Gasteiger partial charge in [0.05, 0.1) is 12.1 Å². The standard InChI is InChI=1S/C20H30N2O2/c1-20(2,3)16-11-13-21(14-18(16)23)17-10-7-12-22(19(17)24)15-8-5-4-6-9-15/h4-6,8-9,16-18,23H,7,10-14H2,1-3H3/t16-,17-,18-/m1/s1. The summed E-state index contributed by atoms with van der Waals surface area (Å²) in [6.45, 7) is 8.89. The van der Waals surface area contributed by atoms with Crippen molar-refractivity contribution in [1.82, 2.24) is 4.90 Å². The van der Waals surface area contributed by atoms with E-state index in [9.17, 15) is 9.90 Å². The summed E-state index contributed by atoms with van der Waals surface area (Å²) in [7, 11) is 0. The second-order valence-corrected chi connectivity index (χ2v) is 8.31. The second kappa shape index (κ2) is 6.85. The Hall–Kier alpha value is -1.39. The SMILES string of the molecule is CC(C)(C)[C@@H]1CCN([C@@H]2CCCN(c3ccccc3)C2=O)C[C@H]1O. The van der Waals surface area contributed by atoms with E-state index in [4.69, 9.17) is 0 Å². The minimum Gasteiger partial charge on any atom is -0.391 e. The van der Waals surface area contributed by atoms with E-state index in [0.717, 1.165) is 38.0 Å². The number of anilines is 1. The van der Waals surface area contributed by atoms with Crippen molar-refractivity contribution in [2.24, 2.45) is 11.3 Å². The van der Waals surface area contributed by atoms with Crippen molar-refractivity contribution in [2.45, 2.75) is 52.2 Å². The van der Waals surface area contributed by atoms with Crippen LogP contribution in [0.5, 0.6) is 0 Å². The van der Waals surface area contributed by atoms with Crippen LogP contribution in [0.25, 0.3) is 0 Å². The van der Waals surface area contributed by atoms with Crippen LogP contribution in [0.2, 0.25) is 0 Å². The number of piperidine rings is 2. The summed E-state index contributed by atoms with van der Waals surface area (Å²) in [5.74, 6) is 0.492. The van der Waals surface area contributed by atoms with Crippen LogP contribution in [0.3, 0.4) is 0 Å². The number of para-hydroxylation sites is 1. The molecule has 0 aromatic heterocycles. The number of rotatable bonds is 2. The molecule has 2 saturated heterocycles. The molecule has 1 amide bonds. The summed E-state index contributed by atoms with van der Waals surface area (Å²) in [5, 5.41) is 10.6. The molecular weight excluding hydrogens is 300 g/mol. The van der Waals surface area contributed by atoms with E-state index in [2.05, 4.69) is 25.7 Å². The van der Waals surface area contributed by atoms with Gasteiger partial charge in [-0.15, -0.1) is 0 Å². The minimum atomic E-state index is -0.348. The lowest BCUT2D eigenvalue weighted by Gasteiger charge is -2.46. The van der Waals surface area contributed by atoms with Gasteiger partial charge in [0, 0.05) is 18.8 Å². The Balaban J connectivity index is 1.70. The Morgan fingerprint density at radius 3 is 2.42 bits per heavy atom. The number of β-amino-alcohol motifs (C(OH)–C–C–N with tert-alkyl or cyclic N) is 1. The van der Waals surface area contributed by atoms with E-state index in [0.29, 0.717) is 12.5 Å². The third-order valence-electron chi connectivity index (χ3n) is 5.64. The van der Waals surface area contributed by atoms with Crippen molar-refractivity contribution < 1.29 is 9.90 Å². The van der Waals surface area contributed by atoms with Gasteiger partial charge in [-0.3, -0.25) is 9.69 Å². The average molecular weight is 330 g/mol. The molecular formula is C20H30N2O2. The minimum absolute atomic E-state index is 0.0884. The van der Waals surface area contributed by atoms with Gasteiger partial charge in [0.1, 0.15) is 0 Å². The molecule has 0 aliphatic carbocycles. The predicted octanol–water partition coefficient (Wildman–Crippen LogP) is 2.91. The van der Waals surface area contributed by atoms with E-state index < -0.39 is 0 Å². The highest BCUT2D eigenvalue weighted by Gasteiger charge is 2.41. The quantitative estimate of drug-likeness (QED) is 0.907. The number of carbonyl (C=O) groups excluding carboxylic acids is 1. The normalized spacial score (nSPS) is 29.8. The zero-order chi connectivity index (χ0) is 17.3. The number of carbonyl (C=O) groups is 1. The smallest absolute Gasteiger partial charge is 0.244 e. The van der Waals surface area contributed by atoms with Gasteiger partial charge in [-0.2, -0.15) is 0 Å². The first kappa shape index (κ1) is 17.4. The molecule has 0 spiro atoms. The second-order valence-electron chi connectivity index (χ2n) is 8.31. The summed E-state index contributed by atoms with van der Waals surface area (Å²) in [6, 6.07) is 9.84.